The van der Waals surface area contributed by atoms with E-state index in [1.807, 2.05) is 0 Å². The number of primary sulfonamides is 1. The first-order valence-corrected chi connectivity index (χ1v) is 9.45. The Morgan fingerprint density at radius 1 is 1.23 bits per heavy atom. The first-order chi connectivity index (χ1) is 12.3. The molecule has 2 aromatic rings. The predicted molar refractivity (Wildman–Crippen MR) is 91.0 cm³/mol. The van der Waals surface area contributed by atoms with Crippen molar-refractivity contribution in [3.05, 3.63) is 36.0 Å². The van der Waals surface area contributed by atoms with E-state index in [0.717, 1.165) is 18.4 Å². The van der Waals surface area contributed by atoms with Gasteiger partial charge in [0.2, 0.25) is 21.8 Å². The Kier molecular flexibility index (Phi) is 5.00. The topological polar surface area (TPSA) is 149 Å². The highest BCUT2D eigenvalue weighted by atomic mass is 32.2. The highest BCUT2D eigenvalue weighted by molar-refractivity contribution is 7.89. The Morgan fingerprint density at radius 3 is 2.54 bits per heavy atom. The number of nitrogens with one attached hydrogen (secondary N) is 2. The van der Waals surface area contributed by atoms with Crippen LogP contribution >= 0.6 is 0 Å². The van der Waals surface area contributed by atoms with Gasteiger partial charge in [-0.1, -0.05) is 17.3 Å². The Hall–Kier alpha value is -2.79. The number of hydrogen-bond donors (Lipinski definition) is 3. The second-order valence-electron chi connectivity index (χ2n) is 6.03. The first kappa shape index (κ1) is 18.0. The highest BCUT2D eigenvalue weighted by Crippen LogP contribution is 2.29. The van der Waals surface area contributed by atoms with E-state index < -0.39 is 10.0 Å². The van der Waals surface area contributed by atoms with E-state index in [1.54, 1.807) is 12.1 Å². The molecule has 1 fully saturated rings. The van der Waals surface area contributed by atoms with Gasteiger partial charge in [0.25, 0.3) is 0 Å². The molecule has 2 amide bonds. The van der Waals surface area contributed by atoms with Crippen molar-refractivity contribution in [1.82, 2.24) is 20.3 Å². The molecule has 1 saturated carbocycles. The average Bonchev–Trinajstić information content (AvgIpc) is 3.35. The standard InChI is InChI=1S/C15H18N6O4S/c16-26(24,25)12-5-1-10(2-6-12)7-17-14(22)9-21-8-13(19-20-21)18-15(23)11-3-4-11/h1-2,5-6,8,11H,3-4,7,9H2,(H,17,22)(H,18,23)(H2,16,24,25). The third-order valence-electron chi connectivity index (χ3n) is 3.79. The van der Waals surface area contributed by atoms with Gasteiger partial charge in [0.1, 0.15) is 6.54 Å². The molecule has 0 bridgehead atoms. The van der Waals surface area contributed by atoms with Crippen LogP contribution < -0.4 is 15.8 Å². The molecule has 0 saturated heterocycles. The van der Waals surface area contributed by atoms with Crippen molar-refractivity contribution in [2.75, 3.05) is 5.32 Å². The summed E-state index contributed by atoms with van der Waals surface area (Å²) in [6.45, 7) is 0.172. The van der Waals surface area contributed by atoms with Crippen LogP contribution in [0.1, 0.15) is 18.4 Å². The normalized spacial score (nSPS) is 14.0. The lowest BCUT2D eigenvalue weighted by Crippen LogP contribution is -2.27. The number of nitrogens with zero attached hydrogens (tertiary/aromatic N) is 3. The second-order valence-corrected chi connectivity index (χ2v) is 7.59. The molecular formula is C15H18N6O4S. The minimum Gasteiger partial charge on any atom is -0.350 e. The number of carbonyl (C=O) groups excluding carboxylic acids is 2. The van der Waals surface area contributed by atoms with Gasteiger partial charge >= 0.3 is 0 Å². The number of rotatable bonds is 7. The number of sulfonamides is 1. The van der Waals surface area contributed by atoms with Gasteiger partial charge in [-0.15, -0.1) is 5.10 Å². The Labute approximate surface area is 149 Å². The van der Waals surface area contributed by atoms with E-state index >= 15 is 0 Å². The summed E-state index contributed by atoms with van der Waals surface area (Å²) in [4.78, 5) is 23.6. The predicted octanol–water partition coefficient (Wildman–Crippen LogP) is -0.410. The van der Waals surface area contributed by atoms with Gasteiger partial charge < -0.3 is 10.6 Å². The summed E-state index contributed by atoms with van der Waals surface area (Å²) in [5.74, 6) is -0.00712. The van der Waals surface area contributed by atoms with E-state index in [9.17, 15) is 18.0 Å². The van der Waals surface area contributed by atoms with Crippen LogP contribution in [0.4, 0.5) is 5.82 Å². The number of nitrogens with two attached hydrogens (primary N) is 1. The van der Waals surface area contributed by atoms with E-state index in [1.165, 1.54) is 23.0 Å². The first-order valence-electron chi connectivity index (χ1n) is 7.91. The number of carbonyl (C=O) groups is 2. The van der Waals surface area contributed by atoms with Crippen LogP contribution in [0, 0.1) is 5.92 Å². The molecule has 138 valence electrons. The van der Waals surface area contributed by atoms with Crippen molar-refractivity contribution in [2.24, 2.45) is 11.1 Å². The molecule has 0 unspecified atom stereocenters. The summed E-state index contributed by atoms with van der Waals surface area (Å²) in [5, 5.41) is 18.0. The van der Waals surface area contributed by atoms with Gasteiger partial charge in [0.05, 0.1) is 11.1 Å². The van der Waals surface area contributed by atoms with Crippen molar-refractivity contribution in [1.29, 1.82) is 0 Å². The van der Waals surface area contributed by atoms with Gasteiger partial charge in [-0.3, -0.25) is 9.59 Å². The zero-order valence-electron chi connectivity index (χ0n) is 13.8. The molecule has 0 spiro atoms. The summed E-state index contributed by atoms with van der Waals surface area (Å²) in [6, 6.07) is 5.90. The maximum atomic E-state index is 12.0. The fourth-order valence-corrected chi connectivity index (χ4v) is 2.72. The quantitative estimate of drug-likeness (QED) is 0.596. The highest BCUT2D eigenvalue weighted by Gasteiger charge is 2.30. The monoisotopic (exact) mass is 378 g/mol. The fourth-order valence-electron chi connectivity index (χ4n) is 2.21. The summed E-state index contributed by atoms with van der Waals surface area (Å²) < 4.78 is 23.7. The zero-order chi connectivity index (χ0) is 18.7. The SMILES string of the molecule is NS(=O)(=O)c1ccc(CNC(=O)Cn2cc(NC(=O)C3CC3)nn2)cc1. The Balaban J connectivity index is 1.48. The lowest BCUT2D eigenvalue weighted by molar-refractivity contribution is -0.122. The fraction of sp³-hybridized carbons (Fsp3) is 0.333. The van der Waals surface area contributed by atoms with Gasteiger partial charge in [0, 0.05) is 12.5 Å². The average molecular weight is 378 g/mol. The summed E-state index contributed by atoms with van der Waals surface area (Å²) in [5.41, 5.74) is 0.724. The van der Waals surface area contributed by atoms with Gasteiger partial charge in [-0.25, -0.2) is 18.2 Å². The van der Waals surface area contributed by atoms with E-state index in [2.05, 4.69) is 20.9 Å². The van der Waals surface area contributed by atoms with Crippen molar-refractivity contribution in [2.45, 2.75) is 30.8 Å². The second kappa shape index (κ2) is 7.22. The lowest BCUT2D eigenvalue weighted by atomic mass is 10.2. The maximum absolute atomic E-state index is 12.0. The molecule has 1 aliphatic rings. The third-order valence-corrected chi connectivity index (χ3v) is 4.71. The van der Waals surface area contributed by atoms with Crippen LogP contribution in [-0.2, 0) is 32.7 Å². The molecule has 10 nitrogen and oxygen atoms in total. The van der Waals surface area contributed by atoms with Crippen LogP contribution in [0.25, 0.3) is 0 Å². The van der Waals surface area contributed by atoms with Crippen LogP contribution in [0.15, 0.2) is 35.4 Å². The smallest absolute Gasteiger partial charge is 0.242 e. The van der Waals surface area contributed by atoms with Crippen LogP contribution in [0.3, 0.4) is 0 Å². The maximum Gasteiger partial charge on any atom is 0.242 e. The summed E-state index contributed by atoms with van der Waals surface area (Å²) in [7, 11) is -3.74. The number of anilines is 1. The molecule has 1 aliphatic carbocycles. The molecule has 26 heavy (non-hydrogen) atoms. The molecule has 11 heteroatoms. The van der Waals surface area contributed by atoms with Crippen molar-refractivity contribution < 1.29 is 18.0 Å². The molecule has 1 heterocycles. The van der Waals surface area contributed by atoms with Crippen molar-refractivity contribution in [3.8, 4) is 0 Å². The van der Waals surface area contributed by atoms with Crippen molar-refractivity contribution in [3.63, 3.8) is 0 Å². The van der Waals surface area contributed by atoms with Crippen molar-refractivity contribution >= 4 is 27.7 Å². The molecule has 3 rings (SSSR count). The Morgan fingerprint density at radius 2 is 1.92 bits per heavy atom. The zero-order valence-corrected chi connectivity index (χ0v) is 14.6. The molecule has 1 aromatic heterocycles. The van der Waals surface area contributed by atoms with Gasteiger partial charge in [-0.2, -0.15) is 0 Å². The summed E-state index contributed by atoms with van der Waals surface area (Å²) in [6.07, 6.45) is 3.27. The van der Waals surface area contributed by atoms with Crippen LogP contribution in [0.5, 0.6) is 0 Å². The molecule has 1 aromatic carbocycles. The van der Waals surface area contributed by atoms with Crippen LogP contribution in [-0.4, -0.2) is 35.2 Å². The van der Waals surface area contributed by atoms with E-state index in [-0.39, 0.29) is 35.7 Å². The number of amides is 2. The van der Waals surface area contributed by atoms with E-state index in [0.29, 0.717) is 5.82 Å². The summed E-state index contributed by atoms with van der Waals surface area (Å²) >= 11 is 0. The molecular weight excluding hydrogens is 360 g/mol. The third kappa shape index (κ3) is 4.86. The molecule has 0 atom stereocenters. The lowest BCUT2D eigenvalue weighted by Gasteiger charge is -2.06. The largest absolute Gasteiger partial charge is 0.350 e. The van der Waals surface area contributed by atoms with E-state index in [4.69, 9.17) is 5.14 Å². The Bertz CT molecular complexity index is 918. The molecule has 0 radical (unpaired) electrons. The number of hydrogen-bond acceptors (Lipinski definition) is 6. The minimum absolute atomic E-state index is 0.0102. The van der Waals surface area contributed by atoms with Crippen LogP contribution in [0.2, 0.25) is 0 Å². The molecule has 0 aliphatic heterocycles. The number of benzene rings is 1. The molecule has 4 N–H and O–H groups in total. The van der Waals surface area contributed by atoms with Gasteiger partial charge in [-0.05, 0) is 30.5 Å². The minimum atomic E-state index is -3.74. The number of aromatic nitrogens is 3. The van der Waals surface area contributed by atoms with Gasteiger partial charge in [0.15, 0.2) is 5.82 Å².